The number of carbonyl (C=O) groups is 1. The first kappa shape index (κ1) is 13.3. The SMILES string of the molecule is CCOC(=O)Cc1c(OC)ccc(Cl)c1C#N. The molecule has 0 saturated carbocycles. The first-order valence-electron chi connectivity index (χ1n) is 5.05. The number of nitriles is 1. The number of hydrogen-bond donors (Lipinski definition) is 0. The smallest absolute Gasteiger partial charge is 0.310 e. The van der Waals surface area contributed by atoms with Gasteiger partial charge in [-0.3, -0.25) is 4.79 Å². The molecule has 0 radical (unpaired) electrons. The zero-order valence-electron chi connectivity index (χ0n) is 9.62. The minimum Gasteiger partial charge on any atom is -0.496 e. The number of benzene rings is 1. The van der Waals surface area contributed by atoms with Crippen LogP contribution < -0.4 is 4.74 Å². The van der Waals surface area contributed by atoms with Gasteiger partial charge >= 0.3 is 5.97 Å². The molecule has 0 bridgehead atoms. The molecule has 1 aromatic rings. The lowest BCUT2D eigenvalue weighted by Gasteiger charge is -2.10. The number of esters is 1. The molecule has 0 atom stereocenters. The molecule has 5 heteroatoms. The van der Waals surface area contributed by atoms with Crippen LogP contribution in [0.3, 0.4) is 0 Å². The number of rotatable bonds is 4. The van der Waals surface area contributed by atoms with Crippen LogP contribution in [-0.4, -0.2) is 19.7 Å². The largest absolute Gasteiger partial charge is 0.496 e. The summed E-state index contributed by atoms with van der Waals surface area (Å²) in [4.78, 5) is 11.4. The molecule has 0 aliphatic carbocycles. The van der Waals surface area contributed by atoms with E-state index in [1.54, 1.807) is 19.1 Å². The number of carbonyl (C=O) groups excluding carboxylic acids is 1. The Morgan fingerprint density at radius 2 is 2.24 bits per heavy atom. The van der Waals surface area contributed by atoms with Gasteiger partial charge in [-0.05, 0) is 19.1 Å². The van der Waals surface area contributed by atoms with Crippen LogP contribution in [0.4, 0.5) is 0 Å². The van der Waals surface area contributed by atoms with E-state index in [1.165, 1.54) is 7.11 Å². The van der Waals surface area contributed by atoms with Gasteiger partial charge < -0.3 is 9.47 Å². The Hall–Kier alpha value is -1.73. The Labute approximate surface area is 105 Å². The Morgan fingerprint density at radius 3 is 2.76 bits per heavy atom. The molecule has 4 nitrogen and oxygen atoms in total. The molecule has 0 heterocycles. The molecule has 0 N–H and O–H groups in total. The highest BCUT2D eigenvalue weighted by molar-refractivity contribution is 6.31. The van der Waals surface area contributed by atoms with E-state index in [4.69, 9.17) is 26.3 Å². The highest BCUT2D eigenvalue weighted by Crippen LogP contribution is 2.28. The summed E-state index contributed by atoms with van der Waals surface area (Å²) in [5.41, 5.74) is 0.708. The van der Waals surface area contributed by atoms with E-state index in [2.05, 4.69) is 0 Å². The molecule has 0 fully saturated rings. The molecule has 0 spiro atoms. The van der Waals surface area contributed by atoms with E-state index >= 15 is 0 Å². The minimum absolute atomic E-state index is 0.0273. The fourth-order valence-electron chi connectivity index (χ4n) is 1.44. The average Bonchev–Trinajstić information content (AvgIpc) is 2.30. The van der Waals surface area contributed by atoms with E-state index in [0.29, 0.717) is 22.9 Å². The third kappa shape index (κ3) is 3.11. The Kier molecular flexibility index (Phi) is 4.80. The van der Waals surface area contributed by atoms with Gasteiger partial charge in [0.05, 0.1) is 30.7 Å². The normalized spacial score (nSPS) is 9.53. The van der Waals surface area contributed by atoms with Crippen molar-refractivity contribution in [2.24, 2.45) is 0 Å². The van der Waals surface area contributed by atoms with E-state index < -0.39 is 5.97 Å². The predicted octanol–water partition coefficient (Wildman–Crippen LogP) is 2.33. The van der Waals surface area contributed by atoms with Crippen molar-refractivity contribution in [2.75, 3.05) is 13.7 Å². The quantitative estimate of drug-likeness (QED) is 0.773. The minimum atomic E-state index is -0.412. The molecule has 90 valence electrons. The van der Waals surface area contributed by atoms with Crippen molar-refractivity contribution in [2.45, 2.75) is 13.3 Å². The van der Waals surface area contributed by atoms with Crippen LogP contribution in [0.1, 0.15) is 18.1 Å². The van der Waals surface area contributed by atoms with Gasteiger partial charge in [-0.15, -0.1) is 0 Å². The lowest BCUT2D eigenvalue weighted by molar-refractivity contribution is -0.142. The number of methoxy groups -OCH3 is 1. The Bertz CT molecular complexity index is 466. The molecular weight excluding hydrogens is 242 g/mol. The van der Waals surface area contributed by atoms with Crippen LogP contribution in [0.15, 0.2) is 12.1 Å². The van der Waals surface area contributed by atoms with Crippen molar-refractivity contribution in [3.63, 3.8) is 0 Å². The number of halogens is 1. The third-order valence-corrected chi connectivity index (χ3v) is 2.49. The molecule has 0 aromatic heterocycles. The van der Waals surface area contributed by atoms with Crippen LogP contribution in [0.2, 0.25) is 5.02 Å². The van der Waals surface area contributed by atoms with Gasteiger partial charge in [0.25, 0.3) is 0 Å². The zero-order chi connectivity index (χ0) is 12.8. The van der Waals surface area contributed by atoms with Crippen LogP contribution in [0.5, 0.6) is 5.75 Å². The van der Waals surface area contributed by atoms with Crippen molar-refractivity contribution in [3.8, 4) is 11.8 Å². The highest BCUT2D eigenvalue weighted by Gasteiger charge is 2.16. The first-order chi connectivity index (χ1) is 8.13. The molecule has 17 heavy (non-hydrogen) atoms. The molecule has 0 unspecified atom stereocenters. The summed E-state index contributed by atoms with van der Waals surface area (Å²) in [6.45, 7) is 2.02. The van der Waals surface area contributed by atoms with Gasteiger partial charge in [0, 0.05) is 5.56 Å². The van der Waals surface area contributed by atoms with Gasteiger partial charge in [-0.1, -0.05) is 11.6 Å². The van der Waals surface area contributed by atoms with Crippen molar-refractivity contribution >= 4 is 17.6 Å². The van der Waals surface area contributed by atoms with Crippen molar-refractivity contribution in [1.82, 2.24) is 0 Å². The molecule has 0 aliphatic rings. The lowest BCUT2D eigenvalue weighted by atomic mass is 10.0. The number of hydrogen-bond acceptors (Lipinski definition) is 4. The number of nitrogens with zero attached hydrogens (tertiary/aromatic N) is 1. The monoisotopic (exact) mass is 253 g/mol. The molecule has 0 amide bonds. The van der Waals surface area contributed by atoms with Crippen molar-refractivity contribution < 1.29 is 14.3 Å². The third-order valence-electron chi connectivity index (χ3n) is 2.18. The van der Waals surface area contributed by atoms with Gasteiger partial charge in [0.1, 0.15) is 11.8 Å². The molecule has 1 aromatic carbocycles. The van der Waals surface area contributed by atoms with Crippen molar-refractivity contribution in [1.29, 1.82) is 5.26 Å². The Morgan fingerprint density at radius 1 is 1.53 bits per heavy atom. The average molecular weight is 254 g/mol. The van der Waals surface area contributed by atoms with E-state index in [0.717, 1.165) is 0 Å². The second-order valence-electron chi connectivity index (χ2n) is 3.20. The second kappa shape index (κ2) is 6.12. The van der Waals surface area contributed by atoms with Crippen LogP contribution in [0, 0.1) is 11.3 Å². The van der Waals surface area contributed by atoms with Gasteiger partial charge in [-0.2, -0.15) is 5.26 Å². The standard InChI is InChI=1S/C12H12ClNO3/c1-3-17-12(15)6-8-9(7-14)10(13)4-5-11(8)16-2/h4-5H,3,6H2,1-2H3. The fraction of sp³-hybridized carbons (Fsp3) is 0.333. The summed E-state index contributed by atoms with van der Waals surface area (Å²) in [5, 5.41) is 9.32. The second-order valence-corrected chi connectivity index (χ2v) is 3.60. The van der Waals surface area contributed by atoms with Crippen LogP contribution >= 0.6 is 11.6 Å². The first-order valence-corrected chi connectivity index (χ1v) is 5.42. The summed E-state index contributed by atoms with van der Waals surface area (Å²) >= 11 is 5.89. The zero-order valence-corrected chi connectivity index (χ0v) is 10.4. The van der Waals surface area contributed by atoms with E-state index in [9.17, 15) is 4.79 Å². The predicted molar refractivity (Wildman–Crippen MR) is 63.1 cm³/mol. The van der Waals surface area contributed by atoms with Crippen molar-refractivity contribution in [3.05, 3.63) is 28.3 Å². The fourth-order valence-corrected chi connectivity index (χ4v) is 1.66. The van der Waals surface area contributed by atoms with Crippen LogP contribution in [0.25, 0.3) is 0 Å². The van der Waals surface area contributed by atoms with E-state index in [-0.39, 0.29) is 12.0 Å². The van der Waals surface area contributed by atoms with Gasteiger partial charge in [0.2, 0.25) is 0 Å². The maximum absolute atomic E-state index is 11.4. The van der Waals surface area contributed by atoms with Gasteiger partial charge in [0.15, 0.2) is 0 Å². The molecule has 0 aliphatic heterocycles. The summed E-state index contributed by atoms with van der Waals surface area (Å²) in [5.74, 6) is 0.0450. The number of ether oxygens (including phenoxy) is 2. The molecule has 0 saturated heterocycles. The van der Waals surface area contributed by atoms with E-state index in [1.807, 2.05) is 6.07 Å². The summed E-state index contributed by atoms with van der Waals surface area (Å²) in [6, 6.07) is 5.15. The topological polar surface area (TPSA) is 59.3 Å². The maximum Gasteiger partial charge on any atom is 0.310 e. The summed E-state index contributed by atoms with van der Waals surface area (Å²) in [7, 11) is 1.47. The van der Waals surface area contributed by atoms with Gasteiger partial charge in [-0.25, -0.2) is 0 Å². The molecule has 1 rings (SSSR count). The summed E-state index contributed by atoms with van der Waals surface area (Å²) < 4.78 is 9.94. The van der Waals surface area contributed by atoms with Crippen LogP contribution in [-0.2, 0) is 16.0 Å². The Balaban J connectivity index is 3.15. The maximum atomic E-state index is 11.4. The summed E-state index contributed by atoms with van der Waals surface area (Å²) in [6.07, 6.45) is -0.0273. The lowest BCUT2D eigenvalue weighted by Crippen LogP contribution is -2.10. The highest BCUT2D eigenvalue weighted by atomic mass is 35.5. The molecular formula is C12H12ClNO3.